The summed E-state index contributed by atoms with van der Waals surface area (Å²) in [6, 6.07) is 4.61. The van der Waals surface area contributed by atoms with Crippen molar-refractivity contribution in [1.82, 2.24) is 14.6 Å². The number of nitrogens with zero attached hydrogens (tertiary/aromatic N) is 3. The maximum absolute atomic E-state index is 4.24. The van der Waals surface area contributed by atoms with E-state index in [1.165, 1.54) is 24.8 Å². The molecule has 1 atom stereocenters. The molecule has 0 radical (unpaired) electrons. The summed E-state index contributed by atoms with van der Waals surface area (Å²) in [6.07, 6.45) is 5.26. The molecule has 1 unspecified atom stereocenters. The van der Waals surface area contributed by atoms with Crippen LogP contribution in [-0.4, -0.2) is 20.6 Å². The molecular weight excluding hydrogens is 212 g/mol. The topological polar surface area (TPSA) is 42.2 Å². The van der Waals surface area contributed by atoms with Crippen LogP contribution in [0.5, 0.6) is 0 Å². The summed E-state index contributed by atoms with van der Waals surface area (Å²) in [4.78, 5) is 4.22. The maximum atomic E-state index is 4.24. The Labute approximate surface area is 102 Å². The molecule has 0 saturated carbocycles. The minimum Gasteiger partial charge on any atom is -0.367 e. The lowest BCUT2D eigenvalue weighted by Gasteiger charge is -2.15. The fourth-order valence-corrected chi connectivity index (χ4v) is 1.99. The van der Waals surface area contributed by atoms with Gasteiger partial charge in [0.05, 0.1) is 0 Å². The van der Waals surface area contributed by atoms with Gasteiger partial charge in [0, 0.05) is 6.04 Å². The normalized spacial score (nSPS) is 12.9. The van der Waals surface area contributed by atoms with Crippen LogP contribution in [0.1, 0.15) is 38.7 Å². The summed E-state index contributed by atoms with van der Waals surface area (Å²) in [5.74, 6) is 1.03. The van der Waals surface area contributed by atoms with Crippen LogP contribution in [0.3, 0.4) is 0 Å². The standard InChI is InChI=1S/C13H20N4/c1-4-5-6-11(3)16-13-8-10(2)7-12-14-9-15-17(12)13/h7-9,11,16H,4-6H2,1-3H3. The summed E-state index contributed by atoms with van der Waals surface area (Å²) < 4.78 is 1.86. The molecule has 0 amide bonds. The zero-order valence-electron chi connectivity index (χ0n) is 10.8. The SMILES string of the molecule is CCCCC(C)Nc1cc(C)cc2ncnn12. The van der Waals surface area contributed by atoms with Gasteiger partial charge in [0.15, 0.2) is 5.65 Å². The van der Waals surface area contributed by atoms with E-state index in [0.717, 1.165) is 11.5 Å². The summed E-state index contributed by atoms with van der Waals surface area (Å²) in [7, 11) is 0. The molecule has 2 aromatic rings. The summed E-state index contributed by atoms with van der Waals surface area (Å²) in [6.45, 7) is 6.51. The second kappa shape index (κ2) is 5.17. The molecule has 92 valence electrons. The molecule has 0 aliphatic carbocycles. The van der Waals surface area contributed by atoms with Crippen LogP contribution in [0.25, 0.3) is 5.65 Å². The van der Waals surface area contributed by atoms with E-state index in [9.17, 15) is 0 Å². The minimum atomic E-state index is 0.462. The molecular formula is C13H20N4. The number of hydrogen-bond acceptors (Lipinski definition) is 3. The van der Waals surface area contributed by atoms with Crippen molar-refractivity contribution in [3.8, 4) is 0 Å². The number of hydrogen-bond donors (Lipinski definition) is 1. The van der Waals surface area contributed by atoms with Crippen molar-refractivity contribution in [1.29, 1.82) is 0 Å². The van der Waals surface area contributed by atoms with Gasteiger partial charge in [-0.15, -0.1) is 0 Å². The molecule has 0 aliphatic heterocycles. The largest absolute Gasteiger partial charge is 0.367 e. The number of pyridine rings is 1. The number of aromatic nitrogens is 3. The van der Waals surface area contributed by atoms with Crippen molar-refractivity contribution in [2.75, 3.05) is 5.32 Å². The van der Waals surface area contributed by atoms with Gasteiger partial charge in [-0.3, -0.25) is 0 Å². The van der Waals surface area contributed by atoms with Gasteiger partial charge in [0.25, 0.3) is 0 Å². The van der Waals surface area contributed by atoms with Gasteiger partial charge in [0.1, 0.15) is 12.1 Å². The minimum absolute atomic E-state index is 0.462. The molecule has 0 bridgehead atoms. The number of anilines is 1. The number of nitrogens with one attached hydrogen (secondary N) is 1. The molecule has 4 heteroatoms. The first kappa shape index (κ1) is 11.9. The van der Waals surface area contributed by atoms with E-state index in [4.69, 9.17) is 0 Å². The van der Waals surface area contributed by atoms with Crippen molar-refractivity contribution in [2.24, 2.45) is 0 Å². The average Bonchev–Trinajstić information content (AvgIpc) is 2.74. The zero-order chi connectivity index (χ0) is 12.3. The first-order valence-electron chi connectivity index (χ1n) is 6.27. The molecule has 0 fully saturated rings. The molecule has 0 aromatic carbocycles. The monoisotopic (exact) mass is 232 g/mol. The van der Waals surface area contributed by atoms with Crippen molar-refractivity contribution in [2.45, 2.75) is 46.1 Å². The summed E-state index contributed by atoms with van der Waals surface area (Å²) in [5, 5.41) is 7.74. The van der Waals surface area contributed by atoms with Crippen molar-refractivity contribution >= 4 is 11.5 Å². The third-order valence-corrected chi connectivity index (χ3v) is 2.91. The Morgan fingerprint density at radius 3 is 3.00 bits per heavy atom. The van der Waals surface area contributed by atoms with Gasteiger partial charge in [-0.25, -0.2) is 4.98 Å². The average molecular weight is 232 g/mol. The van der Waals surface area contributed by atoms with Gasteiger partial charge in [-0.05, 0) is 38.0 Å². The first-order valence-corrected chi connectivity index (χ1v) is 6.27. The van der Waals surface area contributed by atoms with E-state index < -0.39 is 0 Å². The van der Waals surface area contributed by atoms with Gasteiger partial charge in [-0.1, -0.05) is 19.8 Å². The van der Waals surface area contributed by atoms with Crippen LogP contribution >= 0.6 is 0 Å². The highest BCUT2D eigenvalue weighted by Gasteiger charge is 2.07. The van der Waals surface area contributed by atoms with Crippen molar-refractivity contribution in [3.63, 3.8) is 0 Å². The molecule has 2 heterocycles. The Bertz CT molecular complexity index is 489. The molecule has 0 saturated heterocycles. The number of rotatable bonds is 5. The fourth-order valence-electron chi connectivity index (χ4n) is 1.99. The summed E-state index contributed by atoms with van der Waals surface area (Å²) >= 11 is 0. The zero-order valence-corrected chi connectivity index (χ0v) is 10.8. The van der Waals surface area contributed by atoms with E-state index in [1.54, 1.807) is 6.33 Å². The van der Waals surface area contributed by atoms with Gasteiger partial charge in [-0.2, -0.15) is 9.61 Å². The van der Waals surface area contributed by atoms with E-state index >= 15 is 0 Å². The quantitative estimate of drug-likeness (QED) is 0.861. The molecule has 2 rings (SSSR count). The van der Waals surface area contributed by atoms with Gasteiger partial charge < -0.3 is 5.32 Å². The highest BCUT2D eigenvalue weighted by Crippen LogP contribution is 2.15. The maximum Gasteiger partial charge on any atom is 0.157 e. The Balaban J connectivity index is 2.19. The fraction of sp³-hybridized carbons (Fsp3) is 0.538. The van der Waals surface area contributed by atoms with E-state index in [1.807, 2.05) is 10.6 Å². The molecule has 2 aromatic heterocycles. The van der Waals surface area contributed by atoms with Crippen LogP contribution in [0.15, 0.2) is 18.5 Å². The highest BCUT2D eigenvalue weighted by molar-refractivity contribution is 5.51. The van der Waals surface area contributed by atoms with E-state index in [-0.39, 0.29) is 0 Å². The smallest absolute Gasteiger partial charge is 0.157 e. The van der Waals surface area contributed by atoms with Crippen LogP contribution in [0.2, 0.25) is 0 Å². The third kappa shape index (κ3) is 2.75. The second-order valence-electron chi connectivity index (χ2n) is 4.64. The van der Waals surface area contributed by atoms with Gasteiger partial charge >= 0.3 is 0 Å². The Hall–Kier alpha value is -1.58. The lowest BCUT2D eigenvalue weighted by atomic mass is 10.1. The van der Waals surface area contributed by atoms with Crippen LogP contribution in [0.4, 0.5) is 5.82 Å². The van der Waals surface area contributed by atoms with Crippen molar-refractivity contribution < 1.29 is 0 Å². The predicted octanol–water partition coefficient (Wildman–Crippen LogP) is 3.03. The van der Waals surface area contributed by atoms with Crippen molar-refractivity contribution in [3.05, 3.63) is 24.0 Å². The number of fused-ring (bicyclic) bond motifs is 1. The Kier molecular flexibility index (Phi) is 3.61. The Morgan fingerprint density at radius 2 is 2.24 bits per heavy atom. The Morgan fingerprint density at radius 1 is 1.41 bits per heavy atom. The van der Waals surface area contributed by atoms with E-state index in [2.05, 4.69) is 42.2 Å². The van der Waals surface area contributed by atoms with Gasteiger partial charge in [0.2, 0.25) is 0 Å². The second-order valence-corrected chi connectivity index (χ2v) is 4.64. The van der Waals surface area contributed by atoms with Crippen LogP contribution in [-0.2, 0) is 0 Å². The molecule has 1 N–H and O–H groups in total. The number of aryl methyl sites for hydroxylation is 1. The predicted molar refractivity (Wildman–Crippen MR) is 70.3 cm³/mol. The van der Waals surface area contributed by atoms with E-state index in [0.29, 0.717) is 6.04 Å². The number of unbranched alkanes of at least 4 members (excludes halogenated alkanes) is 1. The molecule has 0 spiro atoms. The lowest BCUT2D eigenvalue weighted by Crippen LogP contribution is -2.17. The molecule has 4 nitrogen and oxygen atoms in total. The van der Waals surface area contributed by atoms with Crippen LogP contribution < -0.4 is 5.32 Å². The first-order chi connectivity index (χ1) is 8.20. The third-order valence-electron chi connectivity index (χ3n) is 2.91. The highest BCUT2D eigenvalue weighted by atomic mass is 15.3. The molecule has 0 aliphatic rings. The van der Waals surface area contributed by atoms with Crippen LogP contribution in [0, 0.1) is 6.92 Å². The lowest BCUT2D eigenvalue weighted by molar-refractivity contribution is 0.640. The molecule has 17 heavy (non-hydrogen) atoms. The summed E-state index contributed by atoms with van der Waals surface area (Å²) in [5.41, 5.74) is 2.10.